The molecule has 0 saturated carbocycles. The minimum atomic E-state index is 0.00619. The van der Waals surface area contributed by atoms with Crippen LogP contribution in [0.2, 0.25) is 0 Å². The van der Waals surface area contributed by atoms with Crippen molar-refractivity contribution >= 4 is 32.6 Å². The van der Waals surface area contributed by atoms with Crippen molar-refractivity contribution in [3.63, 3.8) is 0 Å². The number of rotatable bonds is 5. The Morgan fingerprint density at radius 3 is 2.68 bits per heavy atom. The summed E-state index contributed by atoms with van der Waals surface area (Å²) in [5, 5.41) is 5.24. The van der Waals surface area contributed by atoms with Gasteiger partial charge < -0.3 is 0 Å². The van der Waals surface area contributed by atoms with E-state index in [-0.39, 0.29) is 5.91 Å². The molecule has 5 nitrogen and oxygen atoms in total. The summed E-state index contributed by atoms with van der Waals surface area (Å²) in [5.74, 6) is 0.408. The van der Waals surface area contributed by atoms with Crippen LogP contribution in [0, 0.1) is 13.8 Å². The van der Waals surface area contributed by atoms with Crippen LogP contribution >= 0.6 is 11.3 Å². The first kappa shape index (κ1) is 17.6. The van der Waals surface area contributed by atoms with E-state index in [1.165, 1.54) is 5.56 Å². The molecule has 0 fully saturated rings. The zero-order chi connectivity index (χ0) is 18.1. The normalized spacial score (nSPS) is 11.4. The molecule has 6 heteroatoms. The third kappa shape index (κ3) is 3.58. The predicted octanol–water partition coefficient (Wildman–Crippen LogP) is 4.29. The number of aromatic nitrogens is 3. The molecule has 0 unspecified atom stereocenters. The maximum absolute atomic E-state index is 12.2. The van der Waals surface area contributed by atoms with E-state index in [1.807, 2.05) is 24.6 Å². The molecule has 25 heavy (non-hydrogen) atoms. The second kappa shape index (κ2) is 6.96. The maximum Gasteiger partial charge on any atom is 0.225 e. The van der Waals surface area contributed by atoms with Crippen LogP contribution in [0.4, 0.5) is 5.13 Å². The summed E-state index contributed by atoms with van der Waals surface area (Å²) in [6.07, 6.45) is 0. The number of carbonyl (C=O) groups excluding carboxylic acids is 1. The summed E-state index contributed by atoms with van der Waals surface area (Å²) in [4.78, 5) is 18.8. The largest absolute Gasteiger partial charge is 0.286 e. The van der Waals surface area contributed by atoms with Gasteiger partial charge in [0.25, 0.3) is 0 Å². The number of nitrogens with zero attached hydrogens (tertiary/aromatic N) is 4. The van der Waals surface area contributed by atoms with Crippen molar-refractivity contribution < 1.29 is 4.79 Å². The molecule has 0 spiro atoms. The topological polar surface area (TPSA) is 51.0 Å². The lowest BCUT2D eigenvalue weighted by atomic mass is 10.0. The van der Waals surface area contributed by atoms with E-state index in [0.717, 1.165) is 26.7 Å². The van der Waals surface area contributed by atoms with Gasteiger partial charge in [0, 0.05) is 19.2 Å². The highest BCUT2D eigenvalue weighted by molar-refractivity contribution is 7.22. The van der Waals surface area contributed by atoms with Crippen molar-refractivity contribution in [1.29, 1.82) is 0 Å². The van der Waals surface area contributed by atoms with Crippen LogP contribution in [0.25, 0.3) is 10.2 Å². The first-order chi connectivity index (χ1) is 11.9. The summed E-state index contributed by atoms with van der Waals surface area (Å²) < 4.78 is 3.07. The molecule has 2 heterocycles. The first-order valence-corrected chi connectivity index (χ1v) is 9.37. The summed E-state index contributed by atoms with van der Waals surface area (Å²) in [7, 11) is 0. The summed E-state index contributed by atoms with van der Waals surface area (Å²) in [6.45, 7) is 11.2. The Labute approximate surface area is 152 Å². The summed E-state index contributed by atoms with van der Waals surface area (Å²) in [5.41, 5.74) is 4.33. The van der Waals surface area contributed by atoms with E-state index in [0.29, 0.717) is 19.0 Å². The lowest BCUT2D eigenvalue weighted by molar-refractivity contribution is -0.116. The van der Waals surface area contributed by atoms with Gasteiger partial charge in [-0.3, -0.25) is 14.4 Å². The fraction of sp³-hybridized carbons (Fsp3) is 0.421. The molecule has 0 aliphatic rings. The quantitative estimate of drug-likeness (QED) is 0.685. The van der Waals surface area contributed by atoms with Crippen molar-refractivity contribution in [3.05, 3.63) is 41.2 Å². The van der Waals surface area contributed by atoms with Crippen molar-refractivity contribution in [2.45, 2.75) is 47.1 Å². The molecule has 0 radical (unpaired) electrons. The molecule has 0 N–H and O–H groups in total. The molecule has 3 rings (SSSR count). The van der Waals surface area contributed by atoms with Gasteiger partial charge in [-0.15, -0.1) is 0 Å². The molecule has 0 saturated heterocycles. The molecule has 0 aliphatic heterocycles. The Balaban J connectivity index is 1.90. The molecule has 132 valence electrons. The molecule has 1 amide bonds. The number of fused-ring (bicyclic) bond motifs is 1. The van der Waals surface area contributed by atoms with Crippen molar-refractivity contribution in [3.8, 4) is 0 Å². The maximum atomic E-state index is 12.2. The van der Waals surface area contributed by atoms with Gasteiger partial charge in [0.1, 0.15) is 0 Å². The number of anilines is 1. The highest BCUT2D eigenvalue weighted by Gasteiger charge is 2.18. The van der Waals surface area contributed by atoms with Crippen LogP contribution in [0.15, 0.2) is 24.3 Å². The smallest absolute Gasteiger partial charge is 0.225 e. The average Bonchev–Trinajstić information content (AvgIpc) is 3.09. The van der Waals surface area contributed by atoms with Crippen LogP contribution < -0.4 is 4.90 Å². The minimum absolute atomic E-state index is 0.00619. The van der Waals surface area contributed by atoms with Crippen molar-refractivity contribution in [2.75, 3.05) is 11.4 Å². The number of benzene rings is 1. The number of amides is 1. The lowest BCUT2D eigenvalue weighted by Crippen LogP contribution is -2.32. The molecular weight excluding hydrogens is 332 g/mol. The van der Waals surface area contributed by atoms with E-state index < -0.39 is 0 Å². The number of thiazole rings is 1. The molecule has 0 bridgehead atoms. The number of hydrogen-bond acceptors (Lipinski definition) is 4. The number of carbonyl (C=O) groups is 1. The van der Waals surface area contributed by atoms with Crippen molar-refractivity contribution in [1.82, 2.24) is 14.8 Å². The molecule has 1 aromatic carbocycles. The van der Waals surface area contributed by atoms with Gasteiger partial charge in [-0.05, 0) is 37.5 Å². The van der Waals surface area contributed by atoms with Gasteiger partial charge in [-0.1, -0.05) is 37.3 Å². The Bertz CT molecular complexity index is 909. The van der Waals surface area contributed by atoms with Gasteiger partial charge in [0.05, 0.1) is 22.5 Å². The number of aryl methyl sites for hydroxylation is 2. The van der Waals surface area contributed by atoms with Crippen molar-refractivity contribution in [2.24, 2.45) is 0 Å². The van der Waals surface area contributed by atoms with E-state index in [1.54, 1.807) is 23.2 Å². The second-order valence-electron chi connectivity index (χ2n) is 6.67. The van der Waals surface area contributed by atoms with Gasteiger partial charge in [-0.2, -0.15) is 5.10 Å². The van der Waals surface area contributed by atoms with Crippen LogP contribution in [0.5, 0.6) is 0 Å². The zero-order valence-electron chi connectivity index (χ0n) is 15.4. The van der Waals surface area contributed by atoms with Crippen LogP contribution in [0.3, 0.4) is 0 Å². The van der Waals surface area contributed by atoms with E-state index >= 15 is 0 Å². The van der Waals surface area contributed by atoms with E-state index in [9.17, 15) is 4.79 Å². The standard InChI is InChI=1S/C19H24N4OS/c1-12(2)16-7-6-8-17-18(16)20-19(25-17)22(15(5)24)9-10-23-14(4)11-13(3)21-23/h6-8,11-12H,9-10H2,1-5H3. The SMILES string of the molecule is CC(=O)N(CCn1nc(C)cc1C)c1nc2c(C(C)C)cccc2s1. The Hall–Kier alpha value is -2.21. The first-order valence-electron chi connectivity index (χ1n) is 8.55. The van der Waals surface area contributed by atoms with Gasteiger partial charge in [0.2, 0.25) is 5.91 Å². The second-order valence-corrected chi connectivity index (χ2v) is 7.68. The fourth-order valence-electron chi connectivity index (χ4n) is 3.02. The van der Waals surface area contributed by atoms with E-state index in [2.05, 4.69) is 37.1 Å². The zero-order valence-corrected chi connectivity index (χ0v) is 16.2. The van der Waals surface area contributed by atoms with Gasteiger partial charge >= 0.3 is 0 Å². The average molecular weight is 356 g/mol. The van der Waals surface area contributed by atoms with Crippen LogP contribution in [-0.4, -0.2) is 27.2 Å². The lowest BCUT2D eigenvalue weighted by Gasteiger charge is -2.18. The minimum Gasteiger partial charge on any atom is -0.286 e. The molecule has 3 aromatic rings. The monoisotopic (exact) mass is 356 g/mol. The molecule has 2 aromatic heterocycles. The fourth-order valence-corrected chi connectivity index (χ4v) is 4.09. The third-order valence-corrected chi connectivity index (χ3v) is 5.35. The predicted molar refractivity (Wildman–Crippen MR) is 103 cm³/mol. The number of para-hydroxylation sites is 1. The highest BCUT2D eigenvalue weighted by atomic mass is 32.1. The van der Waals surface area contributed by atoms with Crippen LogP contribution in [-0.2, 0) is 11.3 Å². The van der Waals surface area contributed by atoms with Gasteiger partial charge in [-0.25, -0.2) is 4.98 Å². The number of hydrogen-bond donors (Lipinski definition) is 0. The third-order valence-electron chi connectivity index (χ3n) is 4.31. The van der Waals surface area contributed by atoms with E-state index in [4.69, 9.17) is 4.98 Å². The Morgan fingerprint density at radius 1 is 1.32 bits per heavy atom. The van der Waals surface area contributed by atoms with Gasteiger partial charge in [0.15, 0.2) is 5.13 Å². The summed E-state index contributed by atoms with van der Waals surface area (Å²) in [6, 6.07) is 8.30. The Morgan fingerprint density at radius 2 is 2.08 bits per heavy atom. The molecule has 0 atom stereocenters. The highest BCUT2D eigenvalue weighted by Crippen LogP contribution is 2.33. The van der Waals surface area contributed by atoms with Crippen LogP contribution in [0.1, 0.15) is 43.6 Å². The summed E-state index contributed by atoms with van der Waals surface area (Å²) >= 11 is 1.57. The Kier molecular flexibility index (Phi) is 4.90. The molecule has 0 aliphatic carbocycles. The molecular formula is C19H24N4OS.